The van der Waals surface area contributed by atoms with Crippen molar-refractivity contribution in [3.05, 3.63) is 47.6 Å². The zero-order valence-electron chi connectivity index (χ0n) is 11.2. The summed E-state index contributed by atoms with van der Waals surface area (Å²) >= 11 is 0. The van der Waals surface area contributed by atoms with E-state index in [-0.39, 0.29) is 5.92 Å². The van der Waals surface area contributed by atoms with E-state index in [1.807, 2.05) is 18.2 Å². The Kier molecular flexibility index (Phi) is 3.60. The summed E-state index contributed by atoms with van der Waals surface area (Å²) in [7, 11) is 0. The molecule has 0 amide bonds. The Hall–Kier alpha value is -1.68. The summed E-state index contributed by atoms with van der Waals surface area (Å²) in [4.78, 5) is 4.52. The van der Waals surface area contributed by atoms with Crippen molar-refractivity contribution in [1.29, 1.82) is 0 Å². The molecule has 1 heterocycles. The van der Waals surface area contributed by atoms with Crippen molar-refractivity contribution < 1.29 is 4.52 Å². The van der Waals surface area contributed by atoms with E-state index in [1.165, 1.54) is 18.4 Å². The monoisotopic (exact) mass is 257 g/mol. The molecule has 1 atom stereocenters. The van der Waals surface area contributed by atoms with E-state index in [1.54, 1.807) is 0 Å². The highest BCUT2D eigenvalue weighted by Crippen LogP contribution is 2.26. The second-order valence-electron chi connectivity index (χ2n) is 5.08. The molecule has 1 N–H and O–H groups in total. The normalized spacial score (nSPS) is 16.5. The molecule has 0 saturated heterocycles. The maximum Gasteiger partial charge on any atom is 0.234 e. The van der Waals surface area contributed by atoms with Crippen LogP contribution < -0.4 is 5.32 Å². The number of nitrogens with one attached hydrogen (secondary N) is 1. The third-order valence-electron chi connectivity index (χ3n) is 3.52. The van der Waals surface area contributed by atoms with Gasteiger partial charge >= 0.3 is 0 Å². The van der Waals surface area contributed by atoms with Crippen LogP contribution in [0.15, 0.2) is 34.9 Å². The molecule has 0 radical (unpaired) electrons. The van der Waals surface area contributed by atoms with Gasteiger partial charge in [0.1, 0.15) is 0 Å². The fourth-order valence-corrected chi connectivity index (χ4v) is 2.24. The van der Waals surface area contributed by atoms with Gasteiger partial charge in [-0.2, -0.15) is 4.98 Å². The fraction of sp³-hybridized carbons (Fsp3) is 0.467. The van der Waals surface area contributed by atoms with E-state index in [9.17, 15) is 0 Å². The summed E-state index contributed by atoms with van der Waals surface area (Å²) in [6.45, 7) is 2.85. The smallest absolute Gasteiger partial charge is 0.234 e. The molecule has 3 rings (SSSR count). The van der Waals surface area contributed by atoms with Crippen molar-refractivity contribution in [2.45, 2.75) is 44.7 Å². The van der Waals surface area contributed by atoms with Crippen LogP contribution in [0.1, 0.15) is 49.4 Å². The Labute approximate surface area is 113 Å². The highest BCUT2D eigenvalue weighted by atomic mass is 16.5. The molecule has 100 valence electrons. The van der Waals surface area contributed by atoms with Gasteiger partial charge in [0.25, 0.3) is 0 Å². The van der Waals surface area contributed by atoms with Crippen LogP contribution in [0.4, 0.5) is 0 Å². The summed E-state index contributed by atoms with van der Waals surface area (Å²) in [5.74, 6) is 1.68. The molecule has 1 aromatic carbocycles. The van der Waals surface area contributed by atoms with E-state index in [2.05, 4.69) is 34.5 Å². The minimum atomic E-state index is 0.198. The van der Waals surface area contributed by atoms with Gasteiger partial charge in [-0.25, -0.2) is 0 Å². The zero-order valence-corrected chi connectivity index (χ0v) is 11.2. The average molecular weight is 257 g/mol. The molecule has 1 unspecified atom stereocenters. The maximum absolute atomic E-state index is 5.42. The molecule has 1 aliphatic rings. The van der Waals surface area contributed by atoms with Crippen LogP contribution in [-0.2, 0) is 6.54 Å². The van der Waals surface area contributed by atoms with Gasteiger partial charge in [-0.15, -0.1) is 0 Å². The molecular formula is C15H19N3O. The van der Waals surface area contributed by atoms with Crippen LogP contribution in [-0.4, -0.2) is 16.2 Å². The summed E-state index contributed by atoms with van der Waals surface area (Å²) in [6, 6.07) is 11.0. The van der Waals surface area contributed by atoms with Crippen LogP contribution in [0.5, 0.6) is 0 Å². The average Bonchev–Trinajstić information content (AvgIpc) is 3.17. The van der Waals surface area contributed by atoms with E-state index >= 15 is 0 Å². The quantitative estimate of drug-likeness (QED) is 0.864. The first-order valence-electron chi connectivity index (χ1n) is 6.97. The molecule has 1 fully saturated rings. The predicted molar refractivity (Wildman–Crippen MR) is 72.7 cm³/mol. The third kappa shape index (κ3) is 3.01. The largest absolute Gasteiger partial charge is 0.339 e. The minimum absolute atomic E-state index is 0.198. The second-order valence-corrected chi connectivity index (χ2v) is 5.08. The van der Waals surface area contributed by atoms with Crippen LogP contribution in [0, 0.1) is 0 Å². The van der Waals surface area contributed by atoms with Crippen LogP contribution in [0.25, 0.3) is 0 Å². The molecule has 1 aliphatic carbocycles. The van der Waals surface area contributed by atoms with Gasteiger partial charge in [-0.3, -0.25) is 0 Å². The van der Waals surface area contributed by atoms with Crippen molar-refractivity contribution in [2.24, 2.45) is 0 Å². The molecule has 4 heteroatoms. The van der Waals surface area contributed by atoms with Gasteiger partial charge in [-0.1, -0.05) is 42.4 Å². The van der Waals surface area contributed by atoms with Crippen molar-refractivity contribution in [3.63, 3.8) is 0 Å². The molecule has 2 aromatic rings. The molecule has 4 nitrogen and oxygen atoms in total. The lowest BCUT2D eigenvalue weighted by Crippen LogP contribution is -2.16. The fourth-order valence-electron chi connectivity index (χ4n) is 2.24. The molecular weight excluding hydrogens is 238 g/mol. The van der Waals surface area contributed by atoms with Crippen molar-refractivity contribution in [2.75, 3.05) is 0 Å². The number of rotatable bonds is 6. The molecule has 0 bridgehead atoms. The Morgan fingerprint density at radius 3 is 2.79 bits per heavy atom. The standard InChI is InChI=1S/C15H19N3O/c1-2-13(11-6-4-3-5-7-11)15-17-14(18-19-15)10-16-12-8-9-12/h3-7,12-13,16H,2,8-10H2,1H3. The van der Waals surface area contributed by atoms with Gasteiger partial charge in [-0.05, 0) is 24.8 Å². The SMILES string of the molecule is CCC(c1ccccc1)c1nc(CNC2CC2)no1. The van der Waals surface area contributed by atoms with Crippen LogP contribution in [0.2, 0.25) is 0 Å². The van der Waals surface area contributed by atoms with E-state index in [4.69, 9.17) is 4.52 Å². The Balaban J connectivity index is 1.72. The minimum Gasteiger partial charge on any atom is -0.339 e. The maximum atomic E-state index is 5.42. The van der Waals surface area contributed by atoms with Gasteiger partial charge in [0, 0.05) is 6.04 Å². The highest BCUT2D eigenvalue weighted by Gasteiger charge is 2.22. The number of hydrogen-bond acceptors (Lipinski definition) is 4. The highest BCUT2D eigenvalue weighted by molar-refractivity contribution is 5.24. The Morgan fingerprint density at radius 2 is 2.11 bits per heavy atom. The van der Waals surface area contributed by atoms with Crippen LogP contribution >= 0.6 is 0 Å². The zero-order chi connectivity index (χ0) is 13.1. The number of benzene rings is 1. The van der Waals surface area contributed by atoms with Gasteiger partial charge in [0.15, 0.2) is 5.82 Å². The first-order chi connectivity index (χ1) is 9.36. The van der Waals surface area contributed by atoms with Gasteiger partial charge in [0.2, 0.25) is 5.89 Å². The summed E-state index contributed by atoms with van der Waals surface area (Å²) in [5.41, 5.74) is 1.23. The lowest BCUT2D eigenvalue weighted by molar-refractivity contribution is 0.357. The van der Waals surface area contributed by atoms with E-state index in [0.717, 1.165) is 18.1 Å². The van der Waals surface area contributed by atoms with E-state index < -0.39 is 0 Å². The van der Waals surface area contributed by atoms with Crippen molar-refractivity contribution >= 4 is 0 Å². The lowest BCUT2D eigenvalue weighted by Gasteiger charge is -2.09. The first-order valence-corrected chi connectivity index (χ1v) is 6.97. The van der Waals surface area contributed by atoms with Gasteiger partial charge < -0.3 is 9.84 Å². The predicted octanol–water partition coefficient (Wildman–Crippen LogP) is 2.86. The molecule has 1 aromatic heterocycles. The van der Waals surface area contributed by atoms with Gasteiger partial charge in [0.05, 0.1) is 12.5 Å². The third-order valence-corrected chi connectivity index (χ3v) is 3.52. The summed E-state index contributed by atoms with van der Waals surface area (Å²) in [6.07, 6.45) is 3.50. The summed E-state index contributed by atoms with van der Waals surface area (Å²) in [5, 5.41) is 7.46. The lowest BCUT2D eigenvalue weighted by atomic mass is 9.96. The number of hydrogen-bond donors (Lipinski definition) is 1. The molecule has 0 aliphatic heterocycles. The van der Waals surface area contributed by atoms with Crippen molar-refractivity contribution in [1.82, 2.24) is 15.5 Å². The first kappa shape index (κ1) is 12.4. The topological polar surface area (TPSA) is 51.0 Å². The molecule has 0 spiro atoms. The van der Waals surface area contributed by atoms with Crippen molar-refractivity contribution in [3.8, 4) is 0 Å². The molecule has 1 saturated carbocycles. The Bertz CT molecular complexity index is 519. The van der Waals surface area contributed by atoms with Crippen LogP contribution in [0.3, 0.4) is 0 Å². The number of nitrogens with zero attached hydrogens (tertiary/aromatic N) is 2. The van der Waals surface area contributed by atoms with E-state index in [0.29, 0.717) is 12.6 Å². The summed E-state index contributed by atoms with van der Waals surface area (Å²) < 4.78 is 5.42. The second kappa shape index (κ2) is 5.53. The number of aromatic nitrogens is 2. The molecule has 19 heavy (non-hydrogen) atoms. The Morgan fingerprint density at radius 1 is 1.32 bits per heavy atom.